The van der Waals surface area contributed by atoms with Gasteiger partial charge in [-0.2, -0.15) is 0 Å². The van der Waals surface area contributed by atoms with Gasteiger partial charge in [0.1, 0.15) is 11.5 Å². The van der Waals surface area contributed by atoms with Crippen LogP contribution in [0, 0.1) is 0 Å². The normalized spacial score (nSPS) is 14.0. The highest BCUT2D eigenvalue weighted by molar-refractivity contribution is 5.90. The fourth-order valence-corrected chi connectivity index (χ4v) is 3.17. The summed E-state index contributed by atoms with van der Waals surface area (Å²) in [6, 6.07) is 3.58. The maximum Gasteiger partial charge on any atom is 0.200 e. The highest BCUT2D eigenvalue weighted by Crippen LogP contribution is 2.30. The highest BCUT2D eigenvalue weighted by atomic mass is 16.5. The Morgan fingerprint density at radius 3 is 2.58 bits per heavy atom. The molecule has 0 N–H and O–H groups in total. The van der Waals surface area contributed by atoms with E-state index in [0.29, 0.717) is 29.1 Å². The van der Waals surface area contributed by atoms with Crippen LogP contribution in [0.1, 0.15) is 12.0 Å². The molecule has 2 aromatic rings. The number of methoxy groups -OCH3 is 3. The van der Waals surface area contributed by atoms with E-state index in [-0.39, 0.29) is 5.43 Å². The Morgan fingerprint density at radius 1 is 1.08 bits per heavy atom. The number of hydrogen-bond donors (Lipinski definition) is 0. The van der Waals surface area contributed by atoms with Crippen molar-refractivity contribution in [3.63, 3.8) is 0 Å². The van der Waals surface area contributed by atoms with Crippen LogP contribution in [-0.2, 0) is 11.8 Å². The number of aromatic nitrogens is 1. The average molecular weight is 353 g/mol. The first kappa shape index (κ1) is 18.0. The molecule has 1 aliphatic rings. The Hall–Kier alpha value is -2.79. The molecular formula is C21H23NO4. The van der Waals surface area contributed by atoms with Gasteiger partial charge in [-0.1, -0.05) is 24.3 Å². The van der Waals surface area contributed by atoms with Crippen LogP contribution in [0.5, 0.6) is 11.5 Å². The molecule has 1 aromatic heterocycles. The molecule has 1 aliphatic carbocycles. The lowest BCUT2D eigenvalue weighted by Crippen LogP contribution is -2.14. The van der Waals surface area contributed by atoms with Crippen LogP contribution in [0.2, 0.25) is 0 Å². The van der Waals surface area contributed by atoms with Gasteiger partial charge in [-0.3, -0.25) is 4.79 Å². The molecule has 3 rings (SSSR count). The summed E-state index contributed by atoms with van der Waals surface area (Å²) in [7, 11) is 6.75. The van der Waals surface area contributed by atoms with E-state index >= 15 is 0 Å². The third-order valence-corrected chi connectivity index (χ3v) is 4.50. The topological polar surface area (TPSA) is 49.7 Å². The lowest BCUT2D eigenvalue weighted by Gasteiger charge is -2.14. The van der Waals surface area contributed by atoms with Crippen LogP contribution in [-0.4, -0.2) is 32.5 Å². The van der Waals surface area contributed by atoms with Crippen LogP contribution in [0.25, 0.3) is 16.5 Å². The first-order valence-electron chi connectivity index (χ1n) is 8.41. The molecule has 0 aliphatic heterocycles. The first-order valence-corrected chi connectivity index (χ1v) is 8.41. The largest absolute Gasteiger partial charge is 0.497 e. The minimum absolute atomic E-state index is 0.0521. The maximum absolute atomic E-state index is 13.2. The van der Waals surface area contributed by atoms with E-state index in [1.807, 2.05) is 36.0 Å². The predicted molar refractivity (Wildman–Crippen MR) is 104 cm³/mol. The van der Waals surface area contributed by atoms with Crippen molar-refractivity contribution in [3.05, 3.63) is 64.0 Å². The monoisotopic (exact) mass is 353 g/mol. The maximum atomic E-state index is 13.2. The number of benzene rings is 1. The zero-order valence-electron chi connectivity index (χ0n) is 15.5. The van der Waals surface area contributed by atoms with Crippen LogP contribution in [0.4, 0.5) is 0 Å². The second-order valence-corrected chi connectivity index (χ2v) is 6.15. The number of pyridine rings is 1. The molecule has 0 atom stereocenters. The molecular weight excluding hydrogens is 330 g/mol. The Morgan fingerprint density at radius 2 is 1.88 bits per heavy atom. The van der Waals surface area contributed by atoms with Crippen LogP contribution >= 0.6 is 0 Å². The van der Waals surface area contributed by atoms with Gasteiger partial charge in [-0.15, -0.1) is 0 Å². The lowest BCUT2D eigenvalue weighted by atomic mass is 10.0. The summed E-state index contributed by atoms with van der Waals surface area (Å²) >= 11 is 0. The number of allylic oxidation sites excluding steroid dienone is 4. The van der Waals surface area contributed by atoms with E-state index in [4.69, 9.17) is 14.2 Å². The molecule has 0 radical (unpaired) electrons. The van der Waals surface area contributed by atoms with Gasteiger partial charge in [0.2, 0.25) is 5.43 Å². The Kier molecular flexibility index (Phi) is 5.28. The highest BCUT2D eigenvalue weighted by Gasteiger charge is 2.16. The minimum atomic E-state index is -0.0521. The summed E-state index contributed by atoms with van der Waals surface area (Å²) in [6.07, 6.45) is 10.7. The average Bonchev–Trinajstić information content (AvgIpc) is 2.89. The molecule has 1 heterocycles. The summed E-state index contributed by atoms with van der Waals surface area (Å²) < 4.78 is 17.9. The molecule has 0 bridgehead atoms. The van der Waals surface area contributed by atoms with Gasteiger partial charge in [0.25, 0.3) is 0 Å². The summed E-state index contributed by atoms with van der Waals surface area (Å²) in [4.78, 5) is 13.2. The van der Waals surface area contributed by atoms with Gasteiger partial charge >= 0.3 is 0 Å². The molecule has 5 nitrogen and oxygen atoms in total. The Labute approximate surface area is 152 Å². The molecule has 0 saturated carbocycles. The summed E-state index contributed by atoms with van der Waals surface area (Å²) in [5.41, 5.74) is 3.35. The third-order valence-electron chi connectivity index (χ3n) is 4.50. The van der Waals surface area contributed by atoms with Crippen LogP contribution in [0.3, 0.4) is 0 Å². The van der Waals surface area contributed by atoms with Gasteiger partial charge in [0.15, 0.2) is 0 Å². The second-order valence-electron chi connectivity index (χ2n) is 6.15. The molecule has 0 amide bonds. The van der Waals surface area contributed by atoms with E-state index in [1.54, 1.807) is 27.4 Å². The summed E-state index contributed by atoms with van der Waals surface area (Å²) in [6.45, 7) is 0.557. The summed E-state index contributed by atoms with van der Waals surface area (Å²) in [5.74, 6) is 1.16. The molecule has 0 unspecified atom stereocenters. The first-order chi connectivity index (χ1) is 12.6. The van der Waals surface area contributed by atoms with Gasteiger partial charge in [-0.25, -0.2) is 0 Å². The standard InChI is InChI=1S/C21H23NO4/c1-22-12-17(15-7-5-6-14(8-9-15)13-24-2)21(23)20-18(22)10-16(25-3)11-19(20)26-4/h6-12H,5,13H2,1-4H3. The number of hydrogen-bond acceptors (Lipinski definition) is 4. The zero-order valence-corrected chi connectivity index (χ0v) is 15.5. The molecule has 26 heavy (non-hydrogen) atoms. The Bertz CT molecular complexity index is 980. The fraction of sp³-hybridized carbons (Fsp3) is 0.286. The quantitative estimate of drug-likeness (QED) is 0.826. The van der Waals surface area contributed by atoms with Gasteiger partial charge in [0, 0.05) is 38.1 Å². The molecule has 1 aromatic carbocycles. The van der Waals surface area contributed by atoms with Crippen molar-refractivity contribution in [2.75, 3.05) is 27.9 Å². The van der Waals surface area contributed by atoms with Crippen molar-refractivity contribution < 1.29 is 14.2 Å². The molecule has 0 spiro atoms. The number of aryl methyl sites for hydroxylation is 1. The van der Waals surface area contributed by atoms with Gasteiger partial charge in [-0.05, 0) is 17.6 Å². The summed E-state index contributed by atoms with van der Waals surface area (Å²) in [5, 5.41) is 0.553. The zero-order chi connectivity index (χ0) is 18.7. The van der Waals surface area contributed by atoms with Crippen molar-refractivity contribution in [1.82, 2.24) is 4.57 Å². The minimum Gasteiger partial charge on any atom is -0.497 e. The van der Waals surface area contributed by atoms with Crippen molar-refractivity contribution in [2.45, 2.75) is 6.42 Å². The Balaban J connectivity index is 2.17. The number of nitrogens with zero attached hydrogens (tertiary/aromatic N) is 1. The van der Waals surface area contributed by atoms with Crippen molar-refractivity contribution >= 4 is 16.5 Å². The number of fused-ring (bicyclic) bond motifs is 1. The van der Waals surface area contributed by atoms with Crippen molar-refractivity contribution in [3.8, 4) is 11.5 Å². The fourth-order valence-electron chi connectivity index (χ4n) is 3.17. The second kappa shape index (κ2) is 7.62. The molecule has 0 saturated heterocycles. The number of ether oxygens (including phenoxy) is 3. The predicted octanol–water partition coefficient (Wildman–Crippen LogP) is 3.47. The van der Waals surface area contributed by atoms with Crippen LogP contribution < -0.4 is 14.9 Å². The number of rotatable bonds is 5. The van der Waals surface area contributed by atoms with E-state index in [1.165, 1.54) is 0 Å². The van der Waals surface area contributed by atoms with Crippen LogP contribution in [0.15, 0.2) is 53.0 Å². The van der Waals surface area contributed by atoms with Gasteiger partial charge in [0.05, 0.1) is 31.7 Å². The van der Waals surface area contributed by atoms with E-state index < -0.39 is 0 Å². The lowest BCUT2D eigenvalue weighted by molar-refractivity contribution is 0.228. The van der Waals surface area contributed by atoms with Gasteiger partial charge < -0.3 is 18.8 Å². The smallest absolute Gasteiger partial charge is 0.200 e. The van der Waals surface area contributed by atoms with Crippen molar-refractivity contribution in [2.24, 2.45) is 7.05 Å². The SMILES string of the molecule is COCC1=CCC=C(c2cn(C)c3cc(OC)cc(OC)c3c2=O)C=C1. The van der Waals surface area contributed by atoms with E-state index in [2.05, 4.69) is 12.2 Å². The van der Waals surface area contributed by atoms with E-state index in [9.17, 15) is 4.79 Å². The van der Waals surface area contributed by atoms with E-state index in [0.717, 1.165) is 23.1 Å². The molecule has 5 heteroatoms. The van der Waals surface area contributed by atoms with Crippen molar-refractivity contribution in [1.29, 1.82) is 0 Å². The third kappa shape index (κ3) is 3.30. The molecule has 0 fully saturated rings. The molecule has 136 valence electrons.